The summed E-state index contributed by atoms with van der Waals surface area (Å²) in [5.74, 6) is -0.484. The lowest BCUT2D eigenvalue weighted by atomic mass is 10.0. The van der Waals surface area contributed by atoms with Crippen molar-refractivity contribution in [3.05, 3.63) is 40.2 Å². The predicted molar refractivity (Wildman–Crippen MR) is 68.2 cm³/mol. The van der Waals surface area contributed by atoms with E-state index < -0.39 is 17.6 Å². The molecule has 2 rings (SSSR count). The van der Waals surface area contributed by atoms with Crippen LogP contribution < -0.4 is 16.1 Å². The number of carboxylic acid groups (broad SMARTS) is 1. The molecule has 1 aromatic carbocycles. The van der Waals surface area contributed by atoms with Crippen molar-refractivity contribution in [2.45, 2.75) is 12.5 Å². The maximum atomic E-state index is 11.5. The fraction of sp³-hybridized carbons (Fsp3) is 0.231. The quantitative estimate of drug-likeness (QED) is 0.805. The van der Waals surface area contributed by atoms with E-state index in [2.05, 4.69) is 0 Å². The maximum absolute atomic E-state index is 11.5. The third-order valence-corrected chi connectivity index (χ3v) is 2.78. The Hall–Kier alpha value is -2.34. The van der Waals surface area contributed by atoms with Gasteiger partial charge in [-0.15, -0.1) is 0 Å². The van der Waals surface area contributed by atoms with Gasteiger partial charge in [-0.3, -0.25) is 4.79 Å². The van der Waals surface area contributed by atoms with Crippen molar-refractivity contribution >= 4 is 16.9 Å². The molecule has 6 nitrogen and oxygen atoms in total. The first-order chi connectivity index (χ1) is 9.01. The van der Waals surface area contributed by atoms with Crippen LogP contribution in [0.25, 0.3) is 11.0 Å². The van der Waals surface area contributed by atoms with Crippen molar-refractivity contribution in [2.24, 2.45) is 5.73 Å². The molecule has 19 heavy (non-hydrogen) atoms. The predicted octanol–water partition coefficient (Wildman–Crippen LogP) is 1.28. The van der Waals surface area contributed by atoms with Crippen LogP contribution in [-0.4, -0.2) is 18.2 Å². The second-order valence-corrected chi connectivity index (χ2v) is 4.09. The molecule has 0 radical (unpaired) electrons. The van der Waals surface area contributed by atoms with E-state index in [0.29, 0.717) is 22.3 Å². The SMILES string of the molecule is COc1ccc2c(C(N)CC(=O)O)cc(=O)oc2c1. The molecule has 1 unspecified atom stereocenters. The van der Waals surface area contributed by atoms with Crippen molar-refractivity contribution in [2.75, 3.05) is 7.11 Å². The van der Waals surface area contributed by atoms with Gasteiger partial charge in [0.15, 0.2) is 0 Å². The summed E-state index contributed by atoms with van der Waals surface area (Å²) in [7, 11) is 1.50. The van der Waals surface area contributed by atoms with Gasteiger partial charge in [-0.2, -0.15) is 0 Å². The Labute approximate surface area is 108 Å². The lowest BCUT2D eigenvalue weighted by Gasteiger charge is -2.12. The summed E-state index contributed by atoms with van der Waals surface area (Å²) < 4.78 is 10.1. The fourth-order valence-corrected chi connectivity index (χ4v) is 1.90. The molecule has 0 saturated heterocycles. The lowest BCUT2D eigenvalue weighted by molar-refractivity contribution is -0.137. The number of rotatable bonds is 4. The summed E-state index contributed by atoms with van der Waals surface area (Å²) in [6.07, 6.45) is -0.259. The fourth-order valence-electron chi connectivity index (χ4n) is 1.90. The van der Waals surface area contributed by atoms with Crippen molar-refractivity contribution in [3.8, 4) is 5.75 Å². The van der Waals surface area contributed by atoms with Gasteiger partial charge in [0.05, 0.1) is 13.5 Å². The van der Waals surface area contributed by atoms with Gasteiger partial charge in [-0.05, 0) is 17.7 Å². The lowest BCUT2D eigenvalue weighted by Crippen LogP contribution is -2.17. The Kier molecular flexibility index (Phi) is 3.52. The van der Waals surface area contributed by atoms with Crippen LogP contribution in [0, 0.1) is 0 Å². The zero-order valence-corrected chi connectivity index (χ0v) is 10.3. The molecule has 0 fully saturated rings. The molecule has 6 heteroatoms. The van der Waals surface area contributed by atoms with E-state index in [1.54, 1.807) is 18.2 Å². The molecule has 2 aromatic rings. The number of ether oxygens (including phenoxy) is 1. The van der Waals surface area contributed by atoms with Gasteiger partial charge in [-0.1, -0.05) is 0 Å². The van der Waals surface area contributed by atoms with Crippen LogP contribution in [0.15, 0.2) is 33.5 Å². The van der Waals surface area contributed by atoms with Gasteiger partial charge >= 0.3 is 11.6 Å². The van der Waals surface area contributed by atoms with Crippen LogP contribution in [-0.2, 0) is 4.79 Å². The molecule has 0 bridgehead atoms. The maximum Gasteiger partial charge on any atom is 0.336 e. The number of carbonyl (C=O) groups is 1. The first-order valence-corrected chi connectivity index (χ1v) is 5.60. The van der Waals surface area contributed by atoms with Crippen LogP contribution in [0.2, 0.25) is 0 Å². The minimum absolute atomic E-state index is 0.259. The molecular weight excluding hydrogens is 250 g/mol. The Morgan fingerprint density at radius 3 is 2.84 bits per heavy atom. The van der Waals surface area contributed by atoms with Gasteiger partial charge < -0.3 is 20.0 Å². The Bertz CT molecular complexity index is 676. The summed E-state index contributed by atoms with van der Waals surface area (Å²) in [6.45, 7) is 0. The van der Waals surface area contributed by atoms with E-state index in [1.165, 1.54) is 13.2 Å². The topological polar surface area (TPSA) is 103 Å². The zero-order valence-electron chi connectivity index (χ0n) is 10.3. The van der Waals surface area contributed by atoms with Crippen molar-refractivity contribution in [3.63, 3.8) is 0 Å². The molecule has 0 amide bonds. The Balaban J connectivity index is 2.60. The van der Waals surface area contributed by atoms with Crippen LogP contribution in [0.1, 0.15) is 18.0 Å². The van der Waals surface area contributed by atoms with Gasteiger partial charge in [-0.25, -0.2) is 4.79 Å². The molecule has 1 aromatic heterocycles. The van der Waals surface area contributed by atoms with E-state index in [1.807, 2.05) is 0 Å². The first kappa shape index (κ1) is 13.1. The van der Waals surface area contributed by atoms with Crippen molar-refractivity contribution in [1.82, 2.24) is 0 Å². The van der Waals surface area contributed by atoms with E-state index in [0.717, 1.165) is 0 Å². The van der Waals surface area contributed by atoms with E-state index in [-0.39, 0.29) is 6.42 Å². The normalized spacial score (nSPS) is 12.3. The van der Waals surface area contributed by atoms with Gasteiger partial charge in [0.2, 0.25) is 0 Å². The molecule has 0 aliphatic rings. The summed E-state index contributed by atoms with van der Waals surface area (Å²) in [6, 6.07) is 5.40. The largest absolute Gasteiger partial charge is 0.497 e. The summed E-state index contributed by atoms with van der Waals surface area (Å²) in [5.41, 5.74) is 6.01. The summed E-state index contributed by atoms with van der Waals surface area (Å²) in [4.78, 5) is 22.2. The third kappa shape index (κ3) is 2.74. The highest BCUT2D eigenvalue weighted by molar-refractivity contribution is 5.82. The van der Waals surface area contributed by atoms with Crippen molar-refractivity contribution in [1.29, 1.82) is 0 Å². The standard InChI is InChI=1S/C13H13NO5/c1-18-7-2-3-8-9(10(14)6-12(15)16)5-13(17)19-11(8)4-7/h2-5,10H,6,14H2,1H3,(H,15,16). The highest BCUT2D eigenvalue weighted by atomic mass is 16.5. The molecule has 0 aliphatic carbocycles. The molecule has 1 atom stereocenters. The van der Waals surface area contributed by atoms with Crippen LogP contribution in [0.4, 0.5) is 0 Å². The number of fused-ring (bicyclic) bond motifs is 1. The number of hydrogen-bond acceptors (Lipinski definition) is 5. The number of aliphatic carboxylic acids is 1. The van der Waals surface area contributed by atoms with Crippen molar-refractivity contribution < 1.29 is 19.1 Å². The second kappa shape index (κ2) is 5.11. The molecule has 100 valence electrons. The number of methoxy groups -OCH3 is 1. The minimum atomic E-state index is -1.03. The summed E-state index contributed by atoms with van der Waals surface area (Å²) >= 11 is 0. The van der Waals surface area contributed by atoms with Crippen LogP contribution in [0.5, 0.6) is 5.75 Å². The minimum Gasteiger partial charge on any atom is -0.497 e. The number of nitrogens with two attached hydrogens (primary N) is 1. The average Bonchev–Trinajstić information content (AvgIpc) is 2.36. The van der Waals surface area contributed by atoms with E-state index in [4.69, 9.17) is 20.0 Å². The van der Waals surface area contributed by atoms with E-state index >= 15 is 0 Å². The number of carboxylic acids is 1. The molecule has 3 N–H and O–H groups in total. The molecule has 0 aliphatic heterocycles. The first-order valence-electron chi connectivity index (χ1n) is 5.60. The smallest absolute Gasteiger partial charge is 0.336 e. The molecule has 1 heterocycles. The monoisotopic (exact) mass is 263 g/mol. The van der Waals surface area contributed by atoms with Gasteiger partial charge in [0.25, 0.3) is 0 Å². The second-order valence-electron chi connectivity index (χ2n) is 4.09. The molecule has 0 spiro atoms. The van der Waals surface area contributed by atoms with Gasteiger partial charge in [0.1, 0.15) is 11.3 Å². The highest BCUT2D eigenvalue weighted by Gasteiger charge is 2.16. The van der Waals surface area contributed by atoms with Crippen LogP contribution >= 0.6 is 0 Å². The average molecular weight is 263 g/mol. The molecule has 0 saturated carbocycles. The van der Waals surface area contributed by atoms with Gasteiger partial charge in [0, 0.05) is 23.6 Å². The summed E-state index contributed by atoms with van der Waals surface area (Å²) in [5, 5.41) is 9.37. The van der Waals surface area contributed by atoms with E-state index in [9.17, 15) is 9.59 Å². The highest BCUT2D eigenvalue weighted by Crippen LogP contribution is 2.26. The number of benzene rings is 1. The Morgan fingerprint density at radius 2 is 2.21 bits per heavy atom. The Morgan fingerprint density at radius 1 is 1.47 bits per heavy atom. The van der Waals surface area contributed by atoms with Crippen LogP contribution in [0.3, 0.4) is 0 Å². The molecular formula is C13H13NO5. The number of hydrogen-bond donors (Lipinski definition) is 2. The zero-order chi connectivity index (χ0) is 14.0. The third-order valence-electron chi connectivity index (χ3n) is 2.78.